The van der Waals surface area contributed by atoms with E-state index in [0.29, 0.717) is 18.9 Å². The molecule has 3 rings (SSSR count). The number of rotatable bonds is 10. The Labute approximate surface area is 187 Å². The van der Waals surface area contributed by atoms with Gasteiger partial charge in [0.05, 0.1) is 9.52 Å². The van der Waals surface area contributed by atoms with Crippen molar-refractivity contribution in [3.05, 3.63) is 47.5 Å². The molecule has 2 aromatic carbocycles. The smallest absolute Gasteiger partial charge is 0.146 e. The fourth-order valence-corrected chi connectivity index (χ4v) is 5.42. The van der Waals surface area contributed by atoms with Gasteiger partial charge >= 0.3 is 0 Å². The summed E-state index contributed by atoms with van der Waals surface area (Å²) in [7, 11) is -0.458. The first kappa shape index (κ1) is 23.4. The van der Waals surface area contributed by atoms with Crippen molar-refractivity contribution in [2.24, 2.45) is 0 Å². The zero-order valence-electron chi connectivity index (χ0n) is 19.4. The molecule has 0 aliphatic heterocycles. The molecule has 0 aliphatic carbocycles. The number of aryl methyl sites for hydroxylation is 1. The molecular formula is C24H35N3O3Si. The van der Waals surface area contributed by atoms with Crippen molar-refractivity contribution in [2.75, 3.05) is 13.2 Å². The Bertz CT molecular complexity index is 958. The van der Waals surface area contributed by atoms with E-state index in [2.05, 4.69) is 37.0 Å². The molecule has 31 heavy (non-hydrogen) atoms. The van der Waals surface area contributed by atoms with Crippen molar-refractivity contribution in [2.45, 2.75) is 64.8 Å². The highest BCUT2D eigenvalue weighted by atomic mass is 28.2. The first-order chi connectivity index (χ1) is 14.8. The highest BCUT2D eigenvalue weighted by Crippen LogP contribution is 2.36. The van der Waals surface area contributed by atoms with E-state index in [0.717, 1.165) is 35.5 Å². The molecule has 3 aromatic rings. The number of aromatic hydroxyl groups is 1. The van der Waals surface area contributed by atoms with E-state index in [-0.39, 0.29) is 17.1 Å². The lowest BCUT2D eigenvalue weighted by Crippen LogP contribution is -2.24. The molecular weight excluding hydrogens is 406 g/mol. The summed E-state index contributed by atoms with van der Waals surface area (Å²) in [5.41, 5.74) is 4.18. The molecule has 0 unspecified atom stereocenters. The lowest BCUT2D eigenvalue weighted by molar-refractivity contribution is -0.0827. The number of fused-ring (bicyclic) bond motifs is 1. The van der Waals surface area contributed by atoms with Crippen LogP contribution in [-0.2, 0) is 21.3 Å². The molecule has 7 heteroatoms. The van der Waals surface area contributed by atoms with E-state index in [1.807, 2.05) is 44.2 Å². The van der Waals surface area contributed by atoms with Gasteiger partial charge in [0.25, 0.3) is 0 Å². The average Bonchev–Trinajstić information content (AvgIpc) is 3.15. The average molecular weight is 442 g/mol. The Morgan fingerprint density at radius 3 is 2.19 bits per heavy atom. The summed E-state index contributed by atoms with van der Waals surface area (Å²) in [5.74, 6) is 0.259. The number of aromatic nitrogens is 3. The van der Waals surface area contributed by atoms with Crippen LogP contribution in [0.5, 0.6) is 5.75 Å². The zero-order chi connectivity index (χ0) is 22.4. The quantitative estimate of drug-likeness (QED) is 0.289. The summed E-state index contributed by atoms with van der Waals surface area (Å²) in [6.07, 6.45) is 2.01. The molecule has 0 aliphatic rings. The van der Waals surface area contributed by atoms with Crippen molar-refractivity contribution in [3.63, 3.8) is 0 Å². The van der Waals surface area contributed by atoms with Gasteiger partial charge in [-0.1, -0.05) is 51.4 Å². The Kier molecular flexibility index (Phi) is 7.86. The highest BCUT2D eigenvalue weighted by Gasteiger charge is 2.23. The van der Waals surface area contributed by atoms with Crippen LogP contribution in [0.1, 0.15) is 52.2 Å². The van der Waals surface area contributed by atoms with Crippen LogP contribution < -0.4 is 0 Å². The van der Waals surface area contributed by atoms with Crippen LogP contribution >= 0.6 is 0 Å². The van der Waals surface area contributed by atoms with Gasteiger partial charge in [-0.2, -0.15) is 0 Å². The van der Waals surface area contributed by atoms with E-state index in [4.69, 9.17) is 9.47 Å². The maximum atomic E-state index is 11.1. The fourth-order valence-electron chi connectivity index (χ4n) is 3.74. The molecule has 0 radical (unpaired) electrons. The highest BCUT2D eigenvalue weighted by molar-refractivity contribution is 6.36. The Morgan fingerprint density at radius 1 is 1.03 bits per heavy atom. The third-order valence-electron chi connectivity index (χ3n) is 5.32. The van der Waals surface area contributed by atoms with Gasteiger partial charge in [0, 0.05) is 18.8 Å². The molecule has 168 valence electrons. The molecule has 0 spiro atoms. The minimum absolute atomic E-state index is 0.0104. The second kappa shape index (κ2) is 10.4. The Balaban J connectivity index is 1.83. The number of ether oxygens (including phenoxy) is 2. The maximum Gasteiger partial charge on any atom is 0.146 e. The molecule has 0 saturated heterocycles. The number of nitrogens with zero attached hydrogens (tertiary/aromatic N) is 3. The van der Waals surface area contributed by atoms with Crippen molar-refractivity contribution < 1.29 is 14.6 Å². The number of hydrogen-bond acceptors (Lipinski definition) is 5. The van der Waals surface area contributed by atoms with Gasteiger partial charge in [-0.3, -0.25) is 0 Å². The Morgan fingerprint density at radius 2 is 1.65 bits per heavy atom. The maximum absolute atomic E-state index is 11.1. The van der Waals surface area contributed by atoms with Crippen LogP contribution in [0, 0.1) is 0 Å². The third-order valence-corrected chi connectivity index (χ3v) is 7.17. The van der Waals surface area contributed by atoms with E-state index >= 15 is 0 Å². The van der Waals surface area contributed by atoms with Crippen LogP contribution in [0.2, 0.25) is 6.04 Å². The van der Waals surface area contributed by atoms with Crippen LogP contribution in [0.25, 0.3) is 16.7 Å². The lowest BCUT2D eigenvalue weighted by atomic mass is 9.84. The summed E-state index contributed by atoms with van der Waals surface area (Å²) >= 11 is 0. The number of hydrogen-bond donors (Lipinski definition) is 1. The fraction of sp³-hybridized carbons (Fsp3) is 0.500. The topological polar surface area (TPSA) is 69.4 Å². The van der Waals surface area contributed by atoms with Crippen LogP contribution in [0.15, 0.2) is 36.4 Å². The summed E-state index contributed by atoms with van der Waals surface area (Å²) < 4.78 is 11.4. The van der Waals surface area contributed by atoms with E-state index < -0.39 is 9.52 Å². The first-order valence-electron chi connectivity index (χ1n) is 11.3. The monoisotopic (exact) mass is 441 g/mol. The van der Waals surface area contributed by atoms with Gasteiger partial charge in [0.2, 0.25) is 0 Å². The van der Waals surface area contributed by atoms with Gasteiger partial charge in [-0.25, -0.2) is 0 Å². The predicted molar refractivity (Wildman–Crippen MR) is 128 cm³/mol. The van der Waals surface area contributed by atoms with E-state index in [9.17, 15) is 5.11 Å². The normalized spacial score (nSPS) is 12.6. The molecule has 1 N–H and O–H groups in total. The molecule has 0 amide bonds. The summed E-state index contributed by atoms with van der Waals surface area (Å²) in [5, 5.41) is 20.2. The molecule has 0 saturated carbocycles. The molecule has 0 atom stereocenters. The second-order valence-electron chi connectivity index (χ2n) is 8.83. The van der Waals surface area contributed by atoms with E-state index in [1.54, 1.807) is 4.80 Å². The molecule has 1 heterocycles. The van der Waals surface area contributed by atoms with E-state index in [1.165, 1.54) is 5.56 Å². The van der Waals surface area contributed by atoms with Crippen LogP contribution in [0.4, 0.5) is 0 Å². The number of phenols is 1. The van der Waals surface area contributed by atoms with Gasteiger partial charge in [-0.15, -0.1) is 15.0 Å². The minimum Gasteiger partial charge on any atom is -0.505 e. The molecule has 0 fully saturated rings. The molecule has 0 bridgehead atoms. The van der Waals surface area contributed by atoms with Gasteiger partial charge in [0.1, 0.15) is 28.4 Å². The zero-order valence-corrected chi connectivity index (χ0v) is 20.8. The first-order valence-corrected chi connectivity index (χ1v) is 13.1. The van der Waals surface area contributed by atoms with Gasteiger partial charge in [0.15, 0.2) is 0 Å². The molecule has 6 nitrogen and oxygen atoms in total. The minimum atomic E-state index is -0.458. The lowest BCUT2D eigenvalue weighted by Gasteiger charge is -2.23. The number of phenolic OH excluding ortho intramolecular Hbond substituents is 1. The third kappa shape index (κ3) is 5.93. The predicted octanol–water partition coefficient (Wildman–Crippen LogP) is 4.30. The molecule has 1 aromatic heterocycles. The van der Waals surface area contributed by atoms with Crippen LogP contribution in [0.3, 0.4) is 0 Å². The van der Waals surface area contributed by atoms with Crippen molar-refractivity contribution >= 4 is 20.6 Å². The summed E-state index contributed by atoms with van der Waals surface area (Å²) in [6, 6.07) is 13.1. The van der Waals surface area contributed by atoms with Crippen molar-refractivity contribution in [1.29, 1.82) is 0 Å². The largest absolute Gasteiger partial charge is 0.505 e. The van der Waals surface area contributed by atoms with Crippen LogP contribution in [-0.4, -0.2) is 48.7 Å². The van der Waals surface area contributed by atoms with Gasteiger partial charge in [-0.05, 0) is 49.4 Å². The SMILES string of the molecule is CCOC(OCC)[SiH2]CCCc1cc(-n2nc3ccccc3n2)c(O)c(C(C)(C)C)c1. The second-order valence-corrected chi connectivity index (χ2v) is 10.8. The summed E-state index contributed by atoms with van der Waals surface area (Å²) in [6.45, 7) is 11.8. The van der Waals surface area contributed by atoms with Crippen molar-refractivity contribution in [1.82, 2.24) is 15.0 Å². The van der Waals surface area contributed by atoms with Gasteiger partial charge < -0.3 is 14.6 Å². The Hall–Kier alpha value is -2.22. The summed E-state index contributed by atoms with van der Waals surface area (Å²) in [4.78, 5) is 1.56. The number of benzene rings is 2. The standard InChI is InChI=1S/C24H35N3O3Si/c1-6-29-23(30-7-2)31-14-10-11-17-15-18(24(3,4)5)22(28)21(16-17)27-25-19-12-8-9-13-20(19)26-27/h8-9,12-13,15-16,23,28H,6-7,10-11,14,31H2,1-5H3. The van der Waals surface area contributed by atoms with Crippen molar-refractivity contribution in [3.8, 4) is 11.4 Å².